The van der Waals surface area contributed by atoms with Gasteiger partial charge in [-0.3, -0.25) is 0 Å². The minimum absolute atomic E-state index is 0.686. The van der Waals surface area contributed by atoms with E-state index in [4.69, 9.17) is 9.47 Å². The average Bonchev–Trinajstić information content (AvgIpc) is 2.70. The highest BCUT2D eigenvalue weighted by Gasteiger charge is 2.20. The number of hydrogen-bond acceptors (Lipinski definition) is 3. The maximum Gasteiger partial charge on any atom is 0.161 e. The van der Waals surface area contributed by atoms with Gasteiger partial charge in [0.25, 0.3) is 0 Å². The zero-order chi connectivity index (χ0) is 13.1. The third-order valence-electron chi connectivity index (χ3n) is 4.10. The van der Waals surface area contributed by atoms with E-state index in [1.807, 2.05) is 6.07 Å². The van der Waals surface area contributed by atoms with Crippen LogP contribution in [0, 0.1) is 5.92 Å². The Morgan fingerprint density at radius 3 is 2.79 bits per heavy atom. The van der Waals surface area contributed by atoms with Gasteiger partial charge in [-0.05, 0) is 42.9 Å². The first-order valence-electron chi connectivity index (χ1n) is 7.43. The predicted molar refractivity (Wildman–Crippen MR) is 75.7 cm³/mol. The maximum absolute atomic E-state index is 5.73. The molecule has 1 aliphatic carbocycles. The lowest BCUT2D eigenvalue weighted by atomic mass is 10.1. The van der Waals surface area contributed by atoms with Crippen molar-refractivity contribution in [1.82, 2.24) is 5.32 Å². The molecule has 19 heavy (non-hydrogen) atoms. The summed E-state index contributed by atoms with van der Waals surface area (Å²) in [5.41, 5.74) is 1.28. The van der Waals surface area contributed by atoms with Gasteiger partial charge in [-0.25, -0.2) is 0 Å². The molecule has 2 atom stereocenters. The van der Waals surface area contributed by atoms with Crippen LogP contribution in [0.1, 0.15) is 38.2 Å². The van der Waals surface area contributed by atoms with Crippen LogP contribution in [0.15, 0.2) is 18.2 Å². The summed E-state index contributed by atoms with van der Waals surface area (Å²) in [5.74, 6) is 2.66. The second-order valence-electron chi connectivity index (χ2n) is 5.83. The Morgan fingerprint density at radius 1 is 1.16 bits per heavy atom. The van der Waals surface area contributed by atoms with Crippen molar-refractivity contribution in [2.75, 3.05) is 13.2 Å². The van der Waals surface area contributed by atoms with E-state index in [9.17, 15) is 0 Å². The van der Waals surface area contributed by atoms with E-state index in [2.05, 4.69) is 24.4 Å². The van der Waals surface area contributed by atoms with Gasteiger partial charge in [-0.2, -0.15) is 0 Å². The fraction of sp³-hybridized carbons (Fsp3) is 0.625. The molecule has 0 aromatic heterocycles. The van der Waals surface area contributed by atoms with Gasteiger partial charge >= 0.3 is 0 Å². The van der Waals surface area contributed by atoms with Crippen molar-refractivity contribution in [2.45, 2.75) is 45.2 Å². The standard InChI is InChI=1S/C16H23NO2/c1-12-3-5-14(9-12)17-11-13-4-6-15-16(10-13)19-8-2-7-18-15/h4,6,10,12,14,17H,2-3,5,7-9,11H2,1H3. The number of benzene rings is 1. The predicted octanol–water partition coefficient (Wildman–Crippen LogP) is 3.13. The van der Waals surface area contributed by atoms with Crippen molar-refractivity contribution in [3.8, 4) is 11.5 Å². The Kier molecular flexibility index (Phi) is 3.92. The van der Waals surface area contributed by atoms with Crippen LogP contribution in [0.3, 0.4) is 0 Å². The number of nitrogens with one attached hydrogen (secondary N) is 1. The van der Waals surface area contributed by atoms with E-state index < -0.39 is 0 Å². The van der Waals surface area contributed by atoms with Crippen molar-refractivity contribution in [3.05, 3.63) is 23.8 Å². The Hall–Kier alpha value is -1.22. The van der Waals surface area contributed by atoms with Crippen molar-refractivity contribution in [1.29, 1.82) is 0 Å². The summed E-state index contributed by atoms with van der Waals surface area (Å²) >= 11 is 0. The summed E-state index contributed by atoms with van der Waals surface area (Å²) in [6, 6.07) is 6.98. The van der Waals surface area contributed by atoms with Gasteiger partial charge in [-0.1, -0.05) is 13.0 Å². The van der Waals surface area contributed by atoms with Gasteiger partial charge in [0.15, 0.2) is 11.5 Å². The molecule has 1 heterocycles. The van der Waals surface area contributed by atoms with Crippen LogP contribution in [-0.2, 0) is 6.54 Å². The summed E-state index contributed by atoms with van der Waals surface area (Å²) in [5, 5.41) is 3.65. The molecule has 1 saturated carbocycles. The van der Waals surface area contributed by atoms with Gasteiger partial charge in [0, 0.05) is 19.0 Å². The molecule has 2 aliphatic rings. The van der Waals surface area contributed by atoms with E-state index >= 15 is 0 Å². The number of rotatable bonds is 3. The smallest absolute Gasteiger partial charge is 0.161 e. The molecule has 1 aromatic rings. The fourth-order valence-electron chi connectivity index (χ4n) is 2.97. The first kappa shape index (κ1) is 12.8. The van der Waals surface area contributed by atoms with Crippen molar-refractivity contribution < 1.29 is 9.47 Å². The number of ether oxygens (including phenoxy) is 2. The highest BCUT2D eigenvalue weighted by Crippen LogP contribution is 2.31. The zero-order valence-corrected chi connectivity index (χ0v) is 11.7. The van der Waals surface area contributed by atoms with Gasteiger partial charge < -0.3 is 14.8 Å². The molecule has 1 aliphatic heterocycles. The van der Waals surface area contributed by atoms with Gasteiger partial charge in [0.05, 0.1) is 13.2 Å². The molecule has 0 amide bonds. The van der Waals surface area contributed by atoms with Crippen LogP contribution in [0.5, 0.6) is 11.5 Å². The van der Waals surface area contributed by atoms with Crippen LogP contribution in [0.25, 0.3) is 0 Å². The molecular formula is C16H23NO2. The number of fused-ring (bicyclic) bond motifs is 1. The van der Waals surface area contributed by atoms with E-state index in [1.54, 1.807) is 0 Å². The lowest BCUT2D eigenvalue weighted by Gasteiger charge is -2.14. The highest BCUT2D eigenvalue weighted by molar-refractivity contribution is 5.43. The quantitative estimate of drug-likeness (QED) is 0.906. The first-order chi connectivity index (χ1) is 9.31. The Morgan fingerprint density at radius 2 is 2.00 bits per heavy atom. The van der Waals surface area contributed by atoms with Crippen molar-refractivity contribution >= 4 is 0 Å². The normalized spacial score (nSPS) is 26.2. The Labute approximate surface area is 115 Å². The molecule has 1 N–H and O–H groups in total. The van der Waals surface area contributed by atoms with Crippen LogP contribution in [0.4, 0.5) is 0 Å². The molecule has 1 aromatic carbocycles. The number of hydrogen-bond donors (Lipinski definition) is 1. The molecule has 104 valence electrons. The van der Waals surface area contributed by atoms with E-state index in [0.29, 0.717) is 6.04 Å². The minimum atomic E-state index is 0.686. The van der Waals surface area contributed by atoms with Crippen LogP contribution >= 0.6 is 0 Å². The van der Waals surface area contributed by atoms with E-state index in [-0.39, 0.29) is 0 Å². The summed E-state index contributed by atoms with van der Waals surface area (Å²) in [6.45, 7) is 4.78. The fourth-order valence-corrected chi connectivity index (χ4v) is 2.97. The van der Waals surface area contributed by atoms with Crippen molar-refractivity contribution in [3.63, 3.8) is 0 Å². The van der Waals surface area contributed by atoms with Crippen LogP contribution < -0.4 is 14.8 Å². The first-order valence-corrected chi connectivity index (χ1v) is 7.43. The third-order valence-corrected chi connectivity index (χ3v) is 4.10. The van der Waals surface area contributed by atoms with Crippen molar-refractivity contribution in [2.24, 2.45) is 5.92 Å². The van der Waals surface area contributed by atoms with E-state index in [0.717, 1.165) is 43.6 Å². The monoisotopic (exact) mass is 261 g/mol. The summed E-state index contributed by atoms with van der Waals surface area (Å²) in [7, 11) is 0. The Balaban J connectivity index is 1.60. The molecule has 0 bridgehead atoms. The van der Waals surface area contributed by atoms with Gasteiger partial charge in [0.1, 0.15) is 0 Å². The lowest BCUT2D eigenvalue weighted by molar-refractivity contribution is 0.297. The molecule has 0 radical (unpaired) electrons. The highest BCUT2D eigenvalue weighted by atomic mass is 16.5. The second-order valence-corrected chi connectivity index (χ2v) is 5.83. The SMILES string of the molecule is CC1CCC(NCc2ccc3c(c2)OCCCO3)C1. The summed E-state index contributed by atoms with van der Waals surface area (Å²) in [6.07, 6.45) is 4.94. The van der Waals surface area contributed by atoms with E-state index in [1.165, 1.54) is 24.8 Å². The molecular weight excluding hydrogens is 238 g/mol. The Bertz CT molecular complexity index is 433. The van der Waals surface area contributed by atoms with Gasteiger partial charge in [0.2, 0.25) is 0 Å². The third kappa shape index (κ3) is 3.21. The maximum atomic E-state index is 5.73. The van der Waals surface area contributed by atoms with Crippen LogP contribution in [-0.4, -0.2) is 19.3 Å². The molecule has 0 saturated heterocycles. The summed E-state index contributed by atoms with van der Waals surface area (Å²) in [4.78, 5) is 0. The molecule has 0 spiro atoms. The van der Waals surface area contributed by atoms with Gasteiger partial charge in [-0.15, -0.1) is 0 Å². The molecule has 3 nitrogen and oxygen atoms in total. The lowest BCUT2D eigenvalue weighted by Crippen LogP contribution is -2.25. The molecule has 3 rings (SSSR count). The second kappa shape index (κ2) is 5.83. The van der Waals surface area contributed by atoms with Crippen LogP contribution in [0.2, 0.25) is 0 Å². The molecule has 1 fully saturated rings. The average molecular weight is 261 g/mol. The minimum Gasteiger partial charge on any atom is -0.490 e. The largest absolute Gasteiger partial charge is 0.490 e. The molecule has 2 unspecified atom stereocenters. The molecule has 3 heteroatoms. The topological polar surface area (TPSA) is 30.5 Å². The zero-order valence-electron chi connectivity index (χ0n) is 11.7. The summed E-state index contributed by atoms with van der Waals surface area (Å²) < 4.78 is 11.4.